The molecule has 0 saturated heterocycles. The molecule has 2 aromatic carbocycles. The van der Waals surface area contributed by atoms with E-state index in [4.69, 9.17) is 14.9 Å². The van der Waals surface area contributed by atoms with E-state index >= 15 is 4.39 Å². The van der Waals surface area contributed by atoms with Gasteiger partial charge < -0.3 is 14.9 Å². The van der Waals surface area contributed by atoms with E-state index in [0.29, 0.717) is 16.5 Å². The van der Waals surface area contributed by atoms with Crippen LogP contribution in [0.2, 0.25) is 0 Å². The van der Waals surface area contributed by atoms with E-state index in [0.717, 1.165) is 5.56 Å². The van der Waals surface area contributed by atoms with Crippen molar-refractivity contribution in [3.8, 4) is 22.9 Å². The van der Waals surface area contributed by atoms with Crippen molar-refractivity contribution in [2.45, 2.75) is 5.92 Å². The van der Waals surface area contributed by atoms with Gasteiger partial charge >= 0.3 is 5.63 Å². The first-order valence-electron chi connectivity index (χ1n) is 9.41. The van der Waals surface area contributed by atoms with Crippen LogP contribution in [0.3, 0.4) is 0 Å². The third-order valence-corrected chi connectivity index (χ3v) is 5.28. The Labute approximate surface area is 175 Å². The number of nitriles is 1. The zero-order chi connectivity index (χ0) is 21.5. The molecule has 1 unspecified atom stereocenters. The first-order valence-corrected chi connectivity index (χ1v) is 9.41. The Morgan fingerprint density at radius 3 is 2.68 bits per heavy atom. The average Bonchev–Trinajstić information content (AvgIpc) is 2.79. The van der Waals surface area contributed by atoms with Crippen molar-refractivity contribution in [2.24, 2.45) is 5.73 Å². The fraction of sp³-hybridized carbons (Fsp3) is 0.0417. The Hall–Kier alpha value is -4.44. The first-order chi connectivity index (χ1) is 15.1. The molecule has 0 radical (unpaired) electrons. The quantitative estimate of drug-likeness (QED) is 0.496. The molecule has 1 aliphatic heterocycles. The van der Waals surface area contributed by atoms with Crippen molar-refractivity contribution in [3.05, 3.63) is 106 Å². The molecule has 4 aromatic rings. The van der Waals surface area contributed by atoms with E-state index in [1.807, 2.05) is 12.1 Å². The Morgan fingerprint density at radius 2 is 1.94 bits per heavy atom. The van der Waals surface area contributed by atoms with Crippen LogP contribution in [0.5, 0.6) is 5.75 Å². The Morgan fingerprint density at radius 1 is 1.10 bits per heavy atom. The number of ether oxygens (including phenoxy) is 1. The zero-order valence-corrected chi connectivity index (χ0v) is 16.0. The van der Waals surface area contributed by atoms with Crippen LogP contribution in [0.15, 0.2) is 87.7 Å². The Bertz CT molecular complexity index is 1470. The predicted octanol–water partition coefficient (Wildman–Crippen LogP) is 4.21. The number of fused-ring (bicyclic) bond motifs is 3. The van der Waals surface area contributed by atoms with Gasteiger partial charge in [0.2, 0.25) is 5.88 Å². The molecule has 2 N–H and O–H groups in total. The van der Waals surface area contributed by atoms with Crippen LogP contribution in [-0.4, -0.2) is 4.98 Å². The molecule has 0 bridgehead atoms. The highest BCUT2D eigenvalue weighted by Crippen LogP contribution is 2.44. The molecule has 1 atom stereocenters. The molecule has 0 amide bonds. The summed E-state index contributed by atoms with van der Waals surface area (Å²) in [6, 6.07) is 16.9. The normalized spacial score (nSPS) is 15.3. The van der Waals surface area contributed by atoms with Crippen molar-refractivity contribution in [3.63, 3.8) is 0 Å². The van der Waals surface area contributed by atoms with Gasteiger partial charge in [-0.2, -0.15) is 5.26 Å². The Kier molecular flexibility index (Phi) is 4.26. The number of allylic oxidation sites excluding steroid dienone is 1. The van der Waals surface area contributed by atoms with Crippen LogP contribution in [0, 0.1) is 17.1 Å². The van der Waals surface area contributed by atoms with E-state index in [-0.39, 0.29) is 28.3 Å². The largest absolute Gasteiger partial charge is 0.439 e. The number of benzene rings is 2. The lowest BCUT2D eigenvalue weighted by Crippen LogP contribution is -2.26. The summed E-state index contributed by atoms with van der Waals surface area (Å²) in [5.74, 6) is -1.65. The zero-order valence-electron chi connectivity index (χ0n) is 16.0. The van der Waals surface area contributed by atoms with Gasteiger partial charge in [-0.1, -0.05) is 30.3 Å². The second-order valence-electron chi connectivity index (χ2n) is 7.03. The summed E-state index contributed by atoms with van der Waals surface area (Å²) >= 11 is 0. The fourth-order valence-corrected chi connectivity index (χ4v) is 3.85. The molecular weight excluding hydrogens is 397 g/mol. The molecule has 2 aromatic heterocycles. The van der Waals surface area contributed by atoms with Gasteiger partial charge in [0.05, 0.1) is 16.9 Å². The number of pyridine rings is 1. The summed E-state index contributed by atoms with van der Waals surface area (Å²) in [7, 11) is 0. The van der Waals surface area contributed by atoms with Gasteiger partial charge in [-0.05, 0) is 29.8 Å². The molecule has 6 nitrogen and oxygen atoms in total. The summed E-state index contributed by atoms with van der Waals surface area (Å²) < 4.78 is 26.4. The van der Waals surface area contributed by atoms with E-state index in [2.05, 4.69) is 4.98 Å². The highest BCUT2D eigenvalue weighted by Gasteiger charge is 2.36. The standard InChI is InChI=1S/C24H14FN3O3/c25-18-10-13(14-4-3-9-28-12-14)7-8-15(18)20-17(11-26)23(27)31-22-16-5-1-2-6-19(16)30-24(29)21(20)22/h1-10,12,20H,27H2. The van der Waals surface area contributed by atoms with Crippen LogP contribution in [-0.2, 0) is 0 Å². The minimum Gasteiger partial charge on any atom is -0.439 e. The van der Waals surface area contributed by atoms with Crippen LogP contribution >= 0.6 is 0 Å². The monoisotopic (exact) mass is 411 g/mol. The van der Waals surface area contributed by atoms with Gasteiger partial charge in [0.15, 0.2) is 5.75 Å². The molecule has 3 heterocycles. The molecular formula is C24H14FN3O3. The summed E-state index contributed by atoms with van der Waals surface area (Å²) in [6.45, 7) is 0. The number of hydrogen-bond donors (Lipinski definition) is 1. The van der Waals surface area contributed by atoms with E-state index in [9.17, 15) is 10.1 Å². The lowest BCUT2D eigenvalue weighted by Gasteiger charge is -2.26. The highest BCUT2D eigenvalue weighted by molar-refractivity contribution is 5.86. The number of rotatable bonds is 2. The van der Waals surface area contributed by atoms with Crippen molar-refractivity contribution in [2.75, 3.05) is 0 Å². The maximum atomic E-state index is 15.3. The molecule has 0 saturated carbocycles. The molecule has 5 rings (SSSR count). The van der Waals surface area contributed by atoms with Gasteiger partial charge in [-0.3, -0.25) is 4.98 Å². The number of halogens is 1. The molecule has 150 valence electrons. The van der Waals surface area contributed by atoms with E-state index < -0.39 is 17.4 Å². The van der Waals surface area contributed by atoms with Gasteiger partial charge in [0.1, 0.15) is 23.0 Å². The van der Waals surface area contributed by atoms with Crippen molar-refractivity contribution < 1.29 is 13.5 Å². The minimum absolute atomic E-state index is 0.0393. The maximum Gasteiger partial charge on any atom is 0.344 e. The van der Waals surface area contributed by atoms with Crippen molar-refractivity contribution in [1.29, 1.82) is 5.26 Å². The average molecular weight is 411 g/mol. The molecule has 31 heavy (non-hydrogen) atoms. The van der Waals surface area contributed by atoms with Gasteiger partial charge in [0.25, 0.3) is 0 Å². The summed E-state index contributed by atoms with van der Waals surface area (Å²) in [4.78, 5) is 16.9. The van der Waals surface area contributed by atoms with Crippen LogP contribution < -0.4 is 16.1 Å². The van der Waals surface area contributed by atoms with Crippen LogP contribution in [0.4, 0.5) is 4.39 Å². The second-order valence-corrected chi connectivity index (χ2v) is 7.03. The fourth-order valence-electron chi connectivity index (χ4n) is 3.85. The summed E-state index contributed by atoms with van der Waals surface area (Å²) in [6.07, 6.45) is 3.25. The van der Waals surface area contributed by atoms with Gasteiger partial charge in [-0.25, -0.2) is 9.18 Å². The minimum atomic E-state index is -1.06. The number of aromatic nitrogens is 1. The third-order valence-electron chi connectivity index (χ3n) is 5.28. The molecule has 7 heteroatoms. The third kappa shape index (κ3) is 2.93. The Balaban J connectivity index is 1.75. The lowest BCUT2D eigenvalue weighted by atomic mass is 9.83. The van der Waals surface area contributed by atoms with E-state index in [1.165, 1.54) is 12.1 Å². The SMILES string of the molecule is N#CC1=C(N)Oc2c(c(=O)oc3ccccc23)C1c1ccc(-c2cccnc2)cc1F. The van der Waals surface area contributed by atoms with Crippen molar-refractivity contribution in [1.82, 2.24) is 4.98 Å². The second kappa shape index (κ2) is 7.11. The molecule has 1 aliphatic rings. The van der Waals surface area contributed by atoms with Crippen LogP contribution in [0.25, 0.3) is 22.1 Å². The summed E-state index contributed by atoms with van der Waals surface area (Å²) in [5, 5.41) is 10.2. The number of hydrogen-bond acceptors (Lipinski definition) is 6. The van der Waals surface area contributed by atoms with Crippen molar-refractivity contribution >= 4 is 11.0 Å². The van der Waals surface area contributed by atoms with Gasteiger partial charge in [0, 0.05) is 23.5 Å². The smallest absolute Gasteiger partial charge is 0.344 e. The number of nitrogens with two attached hydrogens (primary N) is 1. The highest BCUT2D eigenvalue weighted by atomic mass is 19.1. The van der Waals surface area contributed by atoms with E-state index in [1.54, 1.807) is 48.8 Å². The first kappa shape index (κ1) is 18.6. The van der Waals surface area contributed by atoms with Gasteiger partial charge in [-0.15, -0.1) is 0 Å². The summed E-state index contributed by atoms with van der Waals surface area (Å²) in [5.41, 5.74) is 7.08. The maximum absolute atomic E-state index is 15.3. The number of nitrogens with zero attached hydrogens (tertiary/aromatic N) is 2. The predicted molar refractivity (Wildman–Crippen MR) is 111 cm³/mol. The van der Waals surface area contributed by atoms with Crippen LogP contribution in [0.1, 0.15) is 17.0 Å². The topological polar surface area (TPSA) is 102 Å². The molecule has 0 fully saturated rings. The molecule has 0 spiro atoms. The lowest BCUT2D eigenvalue weighted by molar-refractivity contribution is 0.387. The number of para-hydroxylation sites is 1. The molecule has 0 aliphatic carbocycles.